The van der Waals surface area contributed by atoms with Crippen molar-refractivity contribution < 1.29 is 4.39 Å². The molecule has 88 valence electrons. The lowest BCUT2D eigenvalue weighted by Gasteiger charge is -2.02. The van der Waals surface area contributed by atoms with Crippen molar-refractivity contribution in [3.05, 3.63) is 52.5 Å². The molecule has 2 rings (SSSR count). The minimum absolute atomic E-state index is 0.241. The molecule has 3 N–H and O–H groups in total. The van der Waals surface area contributed by atoms with Gasteiger partial charge in [-0.1, -0.05) is 12.1 Å². The highest BCUT2D eigenvalue weighted by molar-refractivity contribution is 5.61. The number of H-pyrrole nitrogens is 1. The van der Waals surface area contributed by atoms with Crippen molar-refractivity contribution in [2.45, 2.75) is 6.42 Å². The van der Waals surface area contributed by atoms with Crippen LogP contribution in [0.15, 0.2) is 35.3 Å². The van der Waals surface area contributed by atoms with E-state index in [1.54, 1.807) is 12.1 Å². The molecule has 17 heavy (non-hydrogen) atoms. The molecule has 0 aliphatic rings. The third-order valence-corrected chi connectivity index (χ3v) is 2.39. The van der Waals surface area contributed by atoms with E-state index in [0.717, 1.165) is 0 Å². The van der Waals surface area contributed by atoms with Crippen LogP contribution in [0.25, 0.3) is 11.1 Å². The maximum atomic E-state index is 12.8. The van der Waals surface area contributed by atoms with Crippen LogP contribution in [0.5, 0.6) is 0 Å². The highest BCUT2D eigenvalue weighted by Gasteiger charge is 2.05. The van der Waals surface area contributed by atoms with Crippen molar-refractivity contribution in [3.63, 3.8) is 0 Å². The predicted molar refractivity (Wildman–Crippen MR) is 63.0 cm³/mol. The number of hydrogen-bond donors (Lipinski definition) is 2. The Morgan fingerprint density at radius 2 is 2.00 bits per heavy atom. The van der Waals surface area contributed by atoms with Crippen molar-refractivity contribution in [1.82, 2.24) is 9.97 Å². The van der Waals surface area contributed by atoms with Crippen LogP contribution in [-0.4, -0.2) is 16.5 Å². The van der Waals surface area contributed by atoms with Gasteiger partial charge in [-0.05, 0) is 24.2 Å². The van der Waals surface area contributed by atoms with Gasteiger partial charge in [0.15, 0.2) is 0 Å². The van der Waals surface area contributed by atoms with Crippen molar-refractivity contribution in [1.29, 1.82) is 0 Å². The highest BCUT2D eigenvalue weighted by Crippen LogP contribution is 2.14. The molecule has 0 spiro atoms. The number of rotatable bonds is 3. The summed E-state index contributed by atoms with van der Waals surface area (Å²) >= 11 is 0. The largest absolute Gasteiger partial charge is 0.330 e. The van der Waals surface area contributed by atoms with E-state index < -0.39 is 0 Å². The molecular formula is C12H12FN3O. The van der Waals surface area contributed by atoms with Gasteiger partial charge in [0.25, 0.3) is 5.56 Å². The van der Waals surface area contributed by atoms with Gasteiger partial charge in [0, 0.05) is 12.6 Å². The number of hydrogen-bond acceptors (Lipinski definition) is 3. The Hall–Kier alpha value is -2.01. The van der Waals surface area contributed by atoms with Gasteiger partial charge in [-0.15, -0.1) is 0 Å². The van der Waals surface area contributed by atoms with Crippen LogP contribution in [0.4, 0.5) is 4.39 Å². The Labute approximate surface area is 97.3 Å². The number of nitrogens with one attached hydrogen (secondary N) is 1. The summed E-state index contributed by atoms with van der Waals surface area (Å²) in [6, 6.07) is 5.71. The third-order valence-electron chi connectivity index (χ3n) is 2.39. The van der Waals surface area contributed by atoms with Crippen LogP contribution in [-0.2, 0) is 6.42 Å². The molecular weight excluding hydrogens is 221 g/mol. The van der Waals surface area contributed by atoms with Gasteiger partial charge in [0.2, 0.25) is 0 Å². The second-order valence-electron chi connectivity index (χ2n) is 3.62. The fourth-order valence-corrected chi connectivity index (χ4v) is 1.53. The summed E-state index contributed by atoms with van der Waals surface area (Å²) < 4.78 is 12.8. The van der Waals surface area contributed by atoms with Crippen LogP contribution in [0, 0.1) is 5.82 Å². The molecule has 0 aliphatic carbocycles. The Morgan fingerprint density at radius 3 is 2.59 bits per heavy atom. The van der Waals surface area contributed by atoms with Gasteiger partial charge in [-0.3, -0.25) is 4.79 Å². The monoisotopic (exact) mass is 233 g/mol. The van der Waals surface area contributed by atoms with Crippen LogP contribution >= 0.6 is 0 Å². The van der Waals surface area contributed by atoms with Crippen LogP contribution in [0.3, 0.4) is 0 Å². The first-order chi connectivity index (χ1) is 8.20. The van der Waals surface area contributed by atoms with Gasteiger partial charge in [-0.2, -0.15) is 0 Å². The van der Waals surface area contributed by atoms with Gasteiger partial charge in [0.1, 0.15) is 11.6 Å². The summed E-state index contributed by atoms with van der Waals surface area (Å²) in [5.41, 5.74) is 6.19. The van der Waals surface area contributed by atoms with E-state index >= 15 is 0 Å². The smallest absolute Gasteiger partial charge is 0.258 e. The van der Waals surface area contributed by atoms with E-state index in [1.807, 2.05) is 0 Å². The van der Waals surface area contributed by atoms with E-state index in [4.69, 9.17) is 5.73 Å². The molecule has 0 aliphatic heterocycles. The average molecular weight is 233 g/mol. The molecule has 1 aromatic carbocycles. The highest BCUT2D eigenvalue weighted by atomic mass is 19.1. The minimum Gasteiger partial charge on any atom is -0.330 e. The van der Waals surface area contributed by atoms with Gasteiger partial charge >= 0.3 is 0 Å². The van der Waals surface area contributed by atoms with Crippen molar-refractivity contribution in [2.24, 2.45) is 5.73 Å². The molecule has 0 saturated heterocycles. The molecule has 0 radical (unpaired) electrons. The first-order valence-corrected chi connectivity index (χ1v) is 5.25. The van der Waals surface area contributed by atoms with E-state index in [2.05, 4.69) is 9.97 Å². The minimum atomic E-state index is -0.335. The zero-order valence-electron chi connectivity index (χ0n) is 9.11. The first-order valence-electron chi connectivity index (χ1n) is 5.25. The number of benzene rings is 1. The summed E-state index contributed by atoms with van der Waals surface area (Å²) in [5, 5.41) is 0. The van der Waals surface area contributed by atoms with Crippen LogP contribution < -0.4 is 11.3 Å². The number of nitrogens with two attached hydrogens (primary N) is 1. The number of nitrogens with zero attached hydrogens (tertiary/aromatic N) is 1. The molecule has 0 amide bonds. The number of aromatic amines is 1. The maximum absolute atomic E-state index is 12.8. The summed E-state index contributed by atoms with van der Waals surface area (Å²) in [7, 11) is 0. The standard InChI is InChI=1S/C12H12FN3O/c13-9-3-1-8(2-4-9)10-7-15-11(5-6-14)16-12(10)17/h1-4,7H,5-6,14H2,(H,15,16,17). The Morgan fingerprint density at radius 1 is 1.29 bits per heavy atom. The van der Waals surface area contributed by atoms with Crippen LogP contribution in [0.1, 0.15) is 5.82 Å². The maximum Gasteiger partial charge on any atom is 0.258 e. The predicted octanol–water partition coefficient (Wildman–Crippen LogP) is 1.08. The average Bonchev–Trinajstić information content (AvgIpc) is 2.31. The summed E-state index contributed by atoms with van der Waals surface area (Å²) in [6.07, 6.45) is 2.01. The summed E-state index contributed by atoms with van der Waals surface area (Å²) in [6.45, 7) is 0.429. The second kappa shape index (κ2) is 4.88. The number of halogens is 1. The van der Waals surface area contributed by atoms with Crippen LogP contribution in [0.2, 0.25) is 0 Å². The molecule has 4 nitrogen and oxygen atoms in total. The normalized spacial score (nSPS) is 10.5. The zero-order valence-corrected chi connectivity index (χ0v) is 9.11. The van der Waals surface area contributed by atoms with Crippen molar-refractivity contribution in [3.8, 4) is 11.1 Å². The molecule has 1 aromatic heterocycles. The van der Waals surface area contributed by atoms with E-state index in [9.17, 15) is 9.18 Å². The third kappa shape index (κ3) is 2.57. The first kappa shape index (κ1) is 11.5. The Bertz CT molecular complexity index is 563. The topological polar surface area (TPSA) is 71.8 Å². The molecule has 0 bridgehead atoms. The van der Waals surface area contributed by atoms with Gasteiger partial charge in [-0.25, -0.2) is 9.37 Å². The fourth-order valence-electron chi connectivity index (χ4n) is 1.53. The lowest BCUT2D eigenvalue weighted by atomic mass is 10.1. The lowest BCUT2D eigenvalue weighted by molar-refractivity contribution is 0.628. The van der Waals surface area contributed by atoms with E-state index in [0.29, 0.717) is 29.9 Å². The Kier molecular flexibility index (Phi) is 3.30. The van der Waals surface area contributed by atoms with E-state index in [1.165, 1.54) is 18.3 Å². The summed E-state index contributed by atoms with van der Waals surface area (Å²) in [5.74, 6) is 0.223. The molecule has 2 aromatic rings. The molecule has 0 unspecified atom stereocenters. The van der Waals surface area contributed by atoms with E-state index in [-0.39, 0.29) is 11.4 Å². The Balaban J connectivity index is 2.40. The molecule has 5 heteroatoms. The quantitative estimate of drug-likeness (QED) is 0.833. The van der Waals surface area contributed by atoms with Crippen molar-refractivity contribution in [2.75, 3.05) is 6.54 Å². The van der Waals surface area contributed by atoms with Gasteiger partial charge in [0.05, 0.1) is 5.56 Å². The van der Waals surface area contributed by atoms with Gasteiger partial charge < -0.3 is 10.7 Å². The zero-order chi connectivity index (χ0) is 12.3. The SMILES string of the molecule is NCCc1ncc(-c2ccc(F)cc2)c(=O)[nH]1. The molecule has 0 saturated carbocycles. The fraction of sp³-hybridized carbons (Fsp3) is 0.167. The molecule has 1 heterocycles. The van der Waals surface area contributed by atoms with Crippen molar-refractivity contribution >= 4 is 0 Å². The number of aromatic nitrogens is 2. The summed E-state index contributed by atoms with van der Waals surface area (Å²) in [4.78, 5) is 18.5. The lowest BCUT2D eigenvalue weighted by Crippen LogP contribution is -2.16. The molecule has 0 atom stereocenters. The second-order valence-corrected chi connectivity index (χ2v) is 3.62. The molecule has 0 fully saturated rings.